The lowest BCUT2D eigenvalue weighted by molar-refractivity contribution is 0.0527. The second-order valence-corrected chi connectivity index (χ2v) is 6.95. The van der Waals surface area contributed by atoms with Crippen molar-refractivity contribution < 1.29 is 9.53 Å². The number of nitrogens with zero attached hydrogens (tertiary/aromatic N) is 3. The van der Waals surface area contributed by atoms with Gasteiger partial charge in [-0.15, -0.1) is 12.4 Å². The van der Waals surface area contributed by atoms with Gasteiger partial charge in [0.25, 0.3) is 5.91 Å². The van der Waals surface area contributed by atoms with Gasteiger partial charge in [0.1, 0.15) is 5.75 Å². The predicted octanol–water partition coefficient (Wildman–Crippen LogP) is 2.50. The first kappa shape index (κ1) is 19.3. The summed E-state index contributed by atoms with van der Waals surface area (Å²) >= 11 is 0. The van der Waals surface area contributed by atoms with Gasteiger partial charge in [0.05, 0.1) is 12.8 Å². The third-order valence-corrected chi connectivity index (χ3v) is 4.74. The summed E-state index contributed by atoms with van der Waals surface area (Å²) in [5.41, 5.74) is 7.41. The van der Waals surface area contributed by atoms with E-state index in [4.69, 9.17) is 10.5 Å². The highest BCUT2D eigenvalue weighted by Gasteiger charge is 2.36. The lowest BCUT2D eigenvalue weighted by Gasteiger charge is -2.42. The summed E-state index contributed by atoms with van der Waals surface area (Å²) < 4.78 is 6.86. The molecule has 1 aromatic carbocycles. The summed E-state index contributed by atoms with van der Waals surface area (Å²) in [7, 11) is 1.63. The molecule has 1 saturated heterocycles. The van der Waals surface area contributed by atoms with Crippen LogP contribution in [-0.2, 0) is 0 Å². The number of piperidine rings is 1. The standard InChI is InChI=1S/C18H24N4O2.ClH/c1-18(2)12-21(10-9-16(18)19)17(23)15-8-11-22(20-15)13-4-6-14(24-3)7-5-13;/h4-8,11,16H,9-10,12,19H2,1-3H3;1H. The smallest absolute Gasteiger partial charge is 0.274 e. The zero-order valence-electron chi connectivity index (χ0n) is 14.8. The molecule has 0 bridgehead atoms. The predicted molar refractivity (Wildman–Crippen MR) is 99.6 cm³/mol. The van der Waals surface area contributed by atoms with Crippen LogP contribution in [0.3, 0.4) is 0 Å². The van der Waals surface area contributed by atoms with E-state index in [9.17, 15) is 4.79 Å². The molecule has 1 unspecified atom stereocenters. The molecule has 0 aliphatic carbocycles. The molecular weight excluding hydrogens is 340 g/mol. The van der Waals surface area contributed by atoms with Gasteiger partial charge in [-0.2, -0.15) is 5.10 Å². The van der Waals surface area contributed by atoms with Crippen LogP contribution in [0.2, 0.25) is 0 Å². The number of carbonyl (C=O) groups is 1. The number of hydrogen-bond acceptors (Lipinski definition) is 4. The number of halogens is 1. The van der Waals surface area contributed by atoms with Crippen LogP contribution >= 0.6 is 12.4 Å². The maximum absolute atomic E-state index is 12.7. The van der Waals surface area contributed by atoms with E-state index in [1.54, 1.807) is 24.1 Å². The number of hydrogen-bond donors (Lipinski definition) is 1. The van der Waals surface area contributed by atoms with E-state index < -0.39 is 0 Å². The van der Waals surface area contributed by atoms with Gasteiger partial charge in [-0.25, -0.2) is 4.68 Å². The van der Waals surface area contributed by atoms with Crippen LogP contribution < -0.4 is 10.5 Å². The van der Waals surface area contributed by atoms with Gasteiger partial charge in [0.2, 0.25) is 0 Å². The Morgan fingerprint density at radius 1 is 1.28 bits per heavy atom. The molecule has 0 saturated carbocycles. The number of benzene rings is 1. The molecule has 25 heavy (non-hydrogen) atoms. The van der Waals surface area contributed by atoms with Crippen molar-refractivity contribution >= 4 is 18.3 Å². The second-order valence-electron chi connectivity index (χ2n) is 6.95. The Balaban J connectivity index is 0.00000225. The van der Waals surface area contributed by atoms with E-state index in [1.165, 1.54) is 0 Å². The Kier molecular flexibility index (Phi) is 5.75. The van der Waals surface area contributed by atoms with Crippen molar-refractivity contribution in [2.45, 2.75) is 26.3 Å². The molecule has 1 aromatic heterocycles. The summed E-state index contributed by atoms with van der Waals surface area (Å²) in [6.07, 6.45) is 2.62. The quantitative estimate of drug-likeness (QED) is 0.908. The number of likely N-dealkylation sites (tertiary alicyclic amines) is 1. The fourth-order valence-corrected chi connectivity index (χ4v) is 3.03. The van der Waals surface area contributed by atoms with Crippen molar-refractivity contribution in [3.05, 3.63) is 42.2 Å². The molecule has 0 radical (unpaired) electrons. The molecular formula is C18H25ClN4O2. The van der Waals surface area contributed by atoms with E-state index in [2.05, 4.69) is 18.9 Å². The molecule has 136 valence electrons. The van der Waals surface area contributed by atoms with Crippen LogP contribution in [0.25, 0.3) is 5.69 Å². The minimum absolute atomic E-state index is 0. The van der Waals surface area contributed by atoms with E-state index in [-0.39, 0.29) is 29.8 Å². The van der Waals surface area contributed by atoms with Crippen molar-refractivity contribution in [3.8, 4) is 11.4 Å². The molecule has 7 heteroatoms. The number of nitrogens with two attached hydrogens (primary N) is 1. The molecule has 1 aliphatic rings. The average Bonchev–Trinajstić information content (AvgIpc) is 3.06. The van der Waals surface area contributed by atoms with Crippen LogP contribution in [0, 0.1) is 5.41 Å². The molecule has 6 nitrogen and oxygen atoms in total. The summed E-state index contributed by atoms with van der Waals surface area (Å²) in [4.78, 5) is 14.6. The molecule has 2 heterocycles. The highest BCUT2D eigenvalue weighted by Crippen LogP contribution is 2.28. The van der Waals surface area contributed by atoms with Crippen LogP contribution in [0.1, 0.15) is 30.8 Å². The third kappa shape index (κ3) is 3.96. The normalized spacial score (nSPS) is 19.2. The van der Waals surface area contributed by atoms with Gasteiger partial charge in [-0.05, 0) is 42.2 Å². The van der Waals surface area contributed by atoms with Gasteiger partial charge in [-0.3, -0.25) is 4.79 Å². The molecule has 3 rings (SSSR count). The van der Waals surface area contributed by atoms with Crippen molar-refractivity contribution in [1.82, 2.24) is 14.7 Å². The van der Waals surface area contributed by atoms with Crippen LogP contribution in [0.5, 0.6) is 5.75 Å². The summed E-state index contributed by atoms with van der Waals surface area (Å²) in [6, 6.07) is 9.43. The molecule has 1 aliphatic heterocycles. The molecule has 1 amide bonds. The van der Waals surface area contributed by atoms with Crippen molar-refractivity contribution in [2.24, 2.45) is 11.1 Å². The first-order valence-electron chi connectivity index (χ1n) is 8.16. The Morgan fingerprint density at radius 3 is 2.56 bits per heavy atom. The van der Waals surface area contributed by atoms with Gasteiger partial charge in [0, 0.05) is 25.3 Å². The van der Waals surface area contributed by atoms with E-state index in [0.717, 1.165) is 17.9 Å². The molecule has 0 spiro atoms. The zero-order chi connectivity index (χ0) is 17.3. The Bertz CT molecular complexity index is 727. The highest BCUT2D eigenvalue weighted by molar-refractivity contribution is 5.92. The number of amides is 1. The fraction of sp³-hybridized carbons (Fsp3) is 0.444. The van der Waals surface area contributed by atoms with Crippen LogP contribution in [0.4, 0.5) is 0 Å². The number of rotatable bonds is 3. The minimum atomic E-state index is -0.0769. The van der Waals surface area contributed by atoms with Gasteiger partial charge >= 0.3 is 0 Å². The number of carbonyl (C=O) groups excluding carboxylic acids is 1. The highest BCUT2D eigenvalue weighted by atomic mass is 35.5. The number of aromatic nitrogens is 2. The Morgan fingerprint density at radius 2 is 1.96 bits per heavy atom. The third-order valence-electron chi connectivity index (χ3n) is 4.74. The van der Waals surface area contributed by atoms with Crippen molar-refractivity contribution in [2.75, 3.05) is 20.2 Å². The first-order valence-corrected chi connectivity index (χ1v) is 8.16. The maximum Gasteiger partial charge on any atom is 0.274 e. The van der Waals surface area contributed by atoms with Crippen LogP contribution in [-0.4, -0.2) is 46.8 Å². The van der Waals surface area contributed by atoms with Gasteiger partial charge < -0.3 is 15.4 Å². The number of methoxy groups -OCH3 is 1. The molecule has 1 atom stereocenters. The topological polar surface area (TPSA) is 73.4 Å². The maximum atomic E-state index is 12.7. The molecule has 2 aromatic rings. The minimum Gasteiger partial charge on any atom is -0.497 e. The SMILES string of the molecule is COc1ccc(-n2ccc(C(=O)N3CCC(N)C(C)(C)C3)n2)cc1.Cl. The largest absolute Gasteiger partial charge is 0.497 e. The summed E-state index contributed by atoms with van der Waals surface area (Å²) in [5, 5.41) is 4.43. The lowest BCUT2D eigenvalue weighted by atomic mass is 9.79. The Hall–Kier alpha value is -2.05. The van der Waals surface area contributed by atoms with Crippen molar-refractivity contribution in [1.29, 1.82) is 0 Å². The van der Waals surface area contributed by atoms with Crippen LogP contribution in [0.15, 0.2) is 36.5 Å². The van der Waals surface area contributed by atoms with Gasteiger partial charge in [0.15, 0.2) is 5.69 Å². The zero-order valence-corrected chi connectivity index (χ0v) is 15.6. The van der Waals surface area contributed by atoms with E-state index in [0.29, 0.717) is 18.8 Å². The van der Waals surface area contributed by atoms with Gasteiger partial charge in [-0.1, -0.05) is 13.8 Å². The average molecular weight is 365 g/mol. The summed E-state index contributed by atoms with van der Waals surface area (Å²) in [6.45, 7) is 5.54. The summed E-state index contributed by atoms with van der Waals surface area (Å²) in [5.74, 6) is 0.747. The second kappa shape index (κ2) is 7.45. The van der Waals surface area contributed by atoms with E-state index in [1.807, 2.05) is 29.2 Å². The van der Waals surface area contributed by atoms with E-state index >= 15 is 0 Å². The first-order chi connectivity index (χ1) is 11.4. The fourth-order valence-electron chi connectivity index (χ4n) is 3.03. The lowest BCUT2D eigenvalue weighted by Crippen LogP contribution is -2.54. The molecule has 1 fully saturated rings. The number of ether oxygens (including phenoxy) is 1. The monoisotopic (exact) mass is 364 g/mol. The molecule has 2 N–H and O–H groups in total. The Labute approximate surface area is 154 Å². The van der Waals surface area contributed by atoms with Crippen molar-refractivity contribution in [3.63, 3.8) is 0 Å².